The Morgan fingerprint density at radius 3 is 2.94 bits per heavy atom. The summed E-state index contributed by atoms with van der Waals surface area (Å²) in [7, 11) is 0. The number of carbonyl (C=O) groups is 1. The Bertz CT molecular complexity index is 444. The molecule has 1 fully saturated rings. The molecule has 1 saturated heterocycles. The molecule has 3 heteroatoms. The van der Waals surface area contributed by atoms with Crippen molar-refractivity contribution in [2.75, 3.05) is 6.54 Å². The number of hydrogen-bond acceptors (Lipinski definition) is 2. The van der Waals surface area contributed by atoms with E-state index in [1.54, 1.807) is 0 Å². The summed E-state index contributed by atoms with van der Waals surface area (Å²) in [6, 6.07) is 8.27. The average molecular weight is 230 g/mol. The van der Waals surface area contributed by atoms with Crippen molar-refractivity contribution in [3.05, 3.63) is 35.4 Å². The largest absolute Gasteiger partial charge is 0.334 e. The molecule has 1 amide bonds. The van der Waals surface area contributed by atoms with Crippen LogP contribution in [0, 0.1) is 0 Å². The highest BCUT2D eigenvalue weighted by Crippen LogP contribution is 2.35. The van der Waals surface area contributed by atoms with Crippen molar-refractivity contribution < 1.29 is 4.79 Å². The number of nitrogens with two attached hydrogens (primary N) is 1. The van der Waals surface area contributed by atoms with Crippen LogP contribution in [0.25, 0.3) is 0 Å². The number of carbonyl (C=O) groups excluding carboxylic acids is 1. The quantitative estimate of drug-likeness (QED) is 0.736. The Hall–Kier alpha value is -1.35. The van der Waals surface area contributed by atoms with Crippen LogP contribution in [0.1, 0.15) is 36.4 Å². The Kier molecular flexibility index (Phi) is 2.63. The first-order chi connectivity index (χ1) is 8.27. The second kappa shape index (κ2) is 4.15. The molecule has 1 aromatic carbocycles. The van der Waals surface area contributed by atoms with Crippen molar-refractivity contribution in [2.45, 2.75) is 37.8 Å². The van der Waals surface area contributed by atoms with Gasteiger partial charge in [0.25, 0.3) is 0 Å². The second-order valence-corrected chi connectivity index (χ2v) is 5.05. The molecular formula is C14H18N2O. The molecule has 0 radical (unpaired) electrons. The number of rotatable bonds is 0. The standard InChI is InChI=1S/C14H18N2O/c15-12-9-10-5-1-2-6-11(10)13-7-3-4-8-16(13)14(12)17/h1-2,5-6,12-13H,3-4,7-9,15H2. The van der Waals surface area contributed by atoms with Gasteiger partial charge < -0.3 is 10.6 Å². The van der Waals surface area contributed by atoms with E-state index in [9.17, 15) is 4.79 Å². The molecule has 2 heterocycles. The molecule has 3 rings (SSSR count). The Labute approximate surface area is 102 Å². The van der Waals surface area contributed by atoms with E-state index in [0.717, 1.165) is 19.4 Å². The molecule has 0 aromatic heterocycles. The van der Waals surface area contributed by atoms with Crippen molar-refractivity contribution in [3.63, 3.8) is 0 Å². The van der Waals surface area contributed by atoms with Gasteiger partial charge in [0.05, 0.1) is 12.1 Å². The van der Waals surface area contributed by atoms with Crippen LogP contribution in [0.15, 0.2) is 24.3 Å². The molecule has 3 nitrogen and oxygen atoms in total. The van der Waals surface area contributed by atoms with E-state index < -0.39 is 0 Å². The molecule has 0 bridgehead atoms. The van der Waals surface area contributed by atoms with Crippen LogP contribution in [0.4, 0.5) is 0 Å². The number of hydrogen-bond donors (Lipinski definition) is 1. The summed E-state index contributed by atoms with van der Waals surface area (Å²) >= 11 is 0. The maximum absolute atomic E-state index is 12.2. The van der Waals surface area contributed by atoms with Crippen LogP contribution >= 0.6 is 0 Å². The van der Waals surface area contributed by atoms with Crippen molar-refractivity contribution in [3.8, 4) is 0 Å². The third-order valence-corrected chi connectivity index (χ3v) is 3.96. The van der Waals surface area contributed by atoms with Gasteiger partial charge in [-0.3, -0.25) is 4.79 Å². The molecular weight excluding hydrogens is 212 g/mol. The number of fused-ring (bicyclic) bond motifs is 3. The molecule has 0 spiro atoms. The van der Waals surface area contributed by atoms with Gasteiger partial charge >= 0.3 is 0 Å². The lowest BCUT2D eigenvalue weighted by atomic mass is 9.92. The maximum atomic E-state index is 12.2. The smallest absolute Gasteiger partial charge is 0.240 e. The van der Waals surface area contributed by atoms with E-state index in [4.69, 9.17) is 5.73 Å². The van der Waals surface area contributed by atoms with E-state index in [1.165, 1.54) is 17.5 Å². The molecule has 17 heavy (non-hydrogen) atoms. The van der Waals surface area contributed by atoms with Gasteiger partial charge in [0, 0.05) is 6.54 Å². The molecule has 2 aliphatic heterocycles. The fourth-order valence-electron chi connectivity index (χ4n) is 3.10. The first-order valence-electron chi connectivity index (χ1n) is 6.41. The topological polar surface area (TPSA) is 46.3 Å². The maximum Gasteiger partial charge on any atom is 0.240 e. The molecule has 2 aliphatic rings. The van der Waals surface area contributed by atoms with Crippen LogP contribution in [0.3, 0.4) is 0 Å². The summed E-state index contributed by atoms with van der Waals surface area (Å²) in [6.07, 6.45) is 4.08. The van der Waals surface area contributed by atoms with Crippen LogP contribution in [0.5, 0.6) is 0 Å². The summed E-state index contributed by atoms with van der Waals surface area (Å²) in [4.78, 5) is 14.2. The molecule has 2 unspecified atom stereocenters. The number of piperidine rings is 1. The summed E-state index contributed by atoms with van der Waals surface area (Å²) < 4.78 is 0. The summed E-state index contributed by atoms with van der Waals surface area (Å²) in [5, 5.41) is 0. The highest BCUT2D eigenvalue weighted by Gasteiger charge is 2.35. The number of amides is 1. The first-order valence-corrected chi connectivity index (χ1v) is 6.41. The third-order valence-electron chi connectivity index (χ3n) is 3.96. The SMILES string of the molecule is NC1Cc2ccccc2C2CCCCN2C1=O. The second-order valence-electron chi connectivity index (χ2n) is 5.05. The van der Waals surface area contributed by atoms with Crippen LogP contribution in [0.2, 0.25) is 0 Å². The van der Waals surface area contributed by atoms with E-state index in [1.807, 2.05) is 11.0 Å². The lowest BCUT2D eigenvalue weighted by Crippen LogP contribution is -2.46. The summed E-state index contributed by atoms with van der Waals surface area (Å²) in [5.41, 5.74) is 8.57. The van der Waals surface area contributed by atoms with Crippen LogP contribution in [-0.4, -0.2) is 23.4 Å². The van der Waals surface area contributed by atoms with Crippen molar-refractivity contribution in [1.29, 1.82) is 0 Å². The van der Waals surface area contributed by atoms with E-state index in [-0.39, 0.29) is 18.0 Å². The van der Waals surface area contributed by atoms with Crippen molar-refractivity contribution in [1.82, 2.24) is 4.90 Å². The highest BCUT2D eigenvalue weighted by atomic mass is 16.2. The number of benzene rings is 1. The lowest BCUT2D eigenvalue weighted by molar-refractivity contribution is -0.136. The fourth-order valence-corrected chi connectivity index (χ4v) is 3.10. The van der Waals surface area contributed by atoms with Crippen LogP contribution < -0.4 is 5.73 Å². The minimum atomic E-state index is -0.362. The molecule has 0 aliphatic carbocycles. The van der Waals surface area contributed by atoms with E-state index in [2.05, 4.69) is 18.2 Å². The fraction of sp³-hybridized carbons (Fsp3) is 0.500. The average Bonchev–Trinajstić information content (AvgIpc) is 2.48. The monoisotopic (exact) mass is 230 g/mol. The first kappa shape index (κ1) is 10.8. The van der Waals surface area contributed by atoms with E-state index in [0.29, 0.717) is 6.42 Å². The number of nitrogens with zero attached hydrogens (tertiary/aromatic N) is 1. The molecule has 1 aromatic rings. The van der Waals surface area contributed by atoms with Gasteiger partial charge in [-0.1, -0.05) is 24.3 Å². The molecule has 90 valence electrons. The van der Waals surface area contributed by atoms with Gasteiger partial charge in [0.2, 0.25) is 5.91 Å². The third kappa shape index (κ3) is 1.75. The van der Waals surface area contributed by atoms with Crippen molar-refractivity contribution >= 4 is 5.91 Å². The van der Waals surface area contributed by atoms with Gasteiger partial charge in [-0.25, -0.2) is 0 Å². The van der Waals surface area contributed by atoms with Gasteiger partial charge in [0.1, 0.15) is 0 Å². The molecule has 2 atom stereocenters. The van der Waals surface area contributed by atoms with Gasteiger partial charge in [-0.2, -0.15) is 0 Å². The minimum absolute atomic E-state index is 0.130. The normalized spacial score (nSPS) is 28.3. The highest BCUT2D eigenvalue weighted by molar-refractivity contribution is 5.83. The zero-order valence-corrected chi connectivity index (χ0v) is 9.93. The summed E-state index contributed by atoms with van der Waals surface area (Å²) in [6.45, 7) is 0.867. The predicted molar refractivity (Wildman–Crippen MR) is 66.4 cm³/mol. The van der Waals surface area contributed by atoms with Crippen molar-refractivity contribution in [2.24, 2.45) is 5.73 Å². The lowest BCUT2D eigenvalue weighted by Gasteiger charge is -2.35. The predicted octanol–water partition coefficient (Wildman–Crippen LogP) is 1.62. The van der Waals surface area contributed by atoms with Gasteiger partial charge in [0.15, 0.2) is 0 Å². The Balaban J connectivity index is 2.07. The zero-order chi connectivity index (χ0) is 11.8. The molecule has 2 N–H and O–H groups in total. The van der Waals surface area contributed by atoms with Crippen LogP contribution in [-0.2, 0) is 11.2 Å². The zero-order valence-electron chi connectivity index (χ0n) is 9.93. The Morgan fingerprint density at radius 2 is 2.06 bits per heavy atom. The van der Waals surface area contributed by atoms with E-state index >= 15 is 0 Å². The Morgan fingerprint density at radius 1 is 1.24 bits per heavy atom. The summed E-state index contributed by atoms with van der Waals surface area (Å²) in [5.74, 6) is 0.130. The molecule has 0 saturated carbocycles. The van der Waals surface area contributed by atoms with Gasteiger partial charge in [-0.05, 0) is 36.8 Å². The van der Waals surface area contributed by atoms with Gasteiger partial charge in [-0.15, -0.1) is 0 Å². The minimum Gasteiger partial charge on any atom is -0.334 e.